The van der Waals surface area contributed by atoms with Gasteiger partial charge in [0.2, 0.25) is 0 Å². The number of sulfone groups is 1. The van der Waals surface area contributed by atoms with Gasteiger partial charge in [-0.15, -0.1) is 24.0 Å². The van der Waals surface area contributed by atoms with Crippen molar-refractivity contribution in [2.24, 2.45) is 4.99 Å². The Kier molecular flexibility index (Phi) is 10.9. The summed E-state index contributed by atoms with van der Waals surface area (Å²) < 4.78 is 29.7. The second-order valence-corrected chi connectivity index (χ2v) is 8.06. The molecular weight excluding hydrogens is 489 g/mol. The van der Waals surface area contributed by atoms with Crippen molar-refractivity contribution in [2.75, 3.05) is 26.0 Å². The van der Waals surface area contributed by atoms with Crippen LogP contribution in [0.15, 0.2) is 64.5 Å². The Bertz CT molecular complexity index is 826. The zero-order valence-corrected chi connectivity index (χ0v) is 19.4. The van der Waals surface area contributed by atoms with E-state index < -0.39 is 9.84 Å². The smallest absolute Gasteiger partial charge is 0.191 e. The third kappa shape index (κ3) is 8.05. The number of benzene rings is 2. The highest BCUT2D eigenvalue weighted by Gasteiger charge is 2.13. The minimum Gasteiger partial charge on any atom is -0.497 e. The first kappa shape index (κ1) is 24.2. The van der Waals surface area contributed by atoms with Crippen molar-refractivity contribution >= 4 is 39.8 Å². The summed E-state index contributed by atoms with van der Waals surface area (Å²) >= 11 is 0. The summed E-state index contributed by atoms with van der Waals surface area (Å²) in [5.41, 5.74) is 1.07. The molecule has 0 bridgehead atoms. The number of guanidine groups is 1. The molecule has 0 aliphatic heterocycles. The molecule has 0 fully saturated rings. The van der Waals surface area contributed by atoms with Crippen molar-refractivity contribution in [1.29, 1.82) is 0 Å². The van der Waals surface area contributed by atoms with Gasteiger partial charge in [0.25, 0.3) is 0 Å². The summed E-state index contributed by atoms with van der Waals surface area (Å²) in [5.74, 6) is 1.58. The van der Waals surface area contributed by atoms with Crippen LogP contribution >= 0.6 is 24.0 Å². The lowest BCUT2D eigenvalue weighted by Crippen LogP contribution is -2.38. The number of hydrogen-bond acceptors (Lipinski definition) is 4. The number of nitrogens with zero attached hydrogens (tertiary/aromatic N) is 1. The van der Waals surface area contributed by atoms with E-state index in [0.29, 0.717) is 30.4 Å². The zero-order chi connectivity index (χ0) is 19.5. The normalized spacial score (nSPS) is 11.4. The van der Waals surface area contributed by atoms with Gasteiger partial charge in [0.05, 0.1) is 24.3 Å². The minimum absolute atomic E-state index is 0. The number of halogens is 1. The van der Waals surface area contributed by atoms with Crippen molar-refractivity contribution in [3.8, 4) is 5.75 Å². The van der Waals surface area contributed by atoms with Gasteiger partial charge in [0.1, 0.15) is 5.75 Å². The molecule has 2 aromatic rings. The van der Waals surface area contributed by atoms with Crippen molar-refractivity contribution in [1.82, 2.24) is 10.6 Å². The summed E-state index contributed by atoms with van der Waals surface area (Å²) in [6, 6.07) is 16.3. The molecule has 0 aliphatic rings. The molecule has 0 unspecified atom stereocenters. The molecule has 0 spiro atoms. The van der Waals surface area contributed by atoms with E-state index in [4.69, 9.17) is 4.74 Å². The molecule has 8 heteroatoms. The van der Waals surface area contributed by atoms with Crippen LogP contribution in [0.25, 0.3) is 0 Å². The average molecular weight is 517 g/mol. The predicted molar refractivity (Wildman–Crippen MR) is 124 cm³/mol. The largest absolute Gasteiger partial charge is 0.497 e. The Morgan fingerprint density at radius 1 is 1.04 bits per heavy atom. The van der Waals surface area contributed by atoms with E-state index in [0.717, 1.165) is 17.9 Å². The summed E-state index contributed by atoms with van der Waals surface area (Å²) in [6.45, 7) is 3.78. The molecular formula is C20H28IN3O3S. The molecule has 0 saturated heterocycles. The van der Waals surface area contributed by atoms with Crippen LogP contribution < -0.4 is 15.4 Å². The second-order valence-electron chi connectivity index (χ2n) is 5.96. The molecule has 2 aromatic carbocycles. The third-order valence-corrected chi connectivity index (χ3v) is 5.72. The Morgan fingerprint density at radius 3 is 2.32 bits per heavy atom. The van der Waals surface area contributed by atoms with Gasteiger partial charge >= 0.3 is 0 Å². The molecule has 0 atom stereocenters. The fourth-order valence-corrected chi connectivity index (χ4v) is 3.79. The maximum atomic E-state index is 12.3. The lowest BCUT2D eigenvalue weighted by Gasteiger charge is -2.11. The van der Waals surface area contributed by atoms with E-state index in [1.54, 1.807) is 31.4 Å². The fourth-order valence-electron chi connectivity index (χ4n) is 2.46. The first-order chi connectivity index (χ1) is 13.0. The van der Waals surface area contributed by atoms with Crippen LogP contribution in [-0.2, 0) is 16.4 Å². The molecule has 0 aromatic heterocycles. The summed E-state index contributed by atoms with van der Waals surface area (Å²) in [6.07, 6.45) is 0.504. The topological polar surface area (TPSA) is 79.8 Å². The van der Waals surface area contributed by atoms with Gasteiger partial charge in [0.15, 0.2) is 15.8 Å². The summed E-state index contributed by atoms with van der Waals surface area (Å²) in [5, 5.41) is 6.36. The maximum absolute atomic E-state index is 12.3. The molecule has 6 nitrogen and oxygen atoms in total. The first-order valence-electron chi connectivity index (χ1n) is 8.98. The number of methoxy groups -OCH3 is 1. The van der Waals surface area contributed by atoms with Crippen LogP contribution in [0.4, 0.5) is 0 Å². The van der Waals surface area contributed by atoms with E-state index in [9.17, 15) is 8.42 Å². The Morgan fingerprint density at radius 2 is 1.71 bits per heavy atom. The molecule has 28 heavy (non-hydrogen) atoms. The number of nitrogens with one attached hydrogen (secondary N) is 2. The zero-order valence-electron chi connectivity index (χ0n) is 16.2. The maximum Gasteiger partial charge on any atom is 0.191 e. The van der Waals surface area contributed by atoms with Crippen molar-refractivity contribution in [3.63, 3.8) is 0 Å². The molecule has 0 heterocycles. The van der Waals surface area contributed by atoms with Crippen LogP contribution in [0, 0.1) is 0 Å². The lowest BCUT2D eigenvalue weighted by molar-refractivity contribution is 0.414. The van der Waals surface area contributed by atoms with Gasteiger partial charge in [-0.1, -0.05) is 30.3 Å². The third-order valence-electron chi connectivity index (χ3n) is 3.91. The molecule has 2 N–H and O–H groups in total. The average Bonchev–Trinajstić information content (AvgIpc) is 2.70. The van der Waals surface area contributed by atoms with Crippen molar-refractivity contribution < 1.29 is 13.2 Å². The van der Waals surface area contributed by atoms with E-state index in [-0.39, 0.29) is 29.7 Å². The Labute approximate surface area is 184 Å². The number of rotatable bonds is 9. The summed E-state index contributed by atoms with van der Waals surface area (Å²) in [7, 11) is -1.61. The van der Waals surface area contributed by atoms with Crippen LogP contribution in [0.1, 0.15) is 18.9 Å². The lowest BCUT2D eigenvalue weighted by atomic mass is 10.2. The Hall–Kier alpha value is -1.81. The molecule has 154 valence electrons. The number of aliphatic imine (C=N–C) groups is 1. The van der Waals surface area contributed by atoms with Gasteiger partial charge in [-0.3, -0.25) is 0 Å². The molecule has 0 radical (unpaired) electrons. The second kappa shape index (κ2) is 12.6. The van der Waals surface area contributed by atoms with E-state index >= 15 is 0 Å². The molecule has 0 aliphatic carbocycles. The van der Waals surface area contributed by atoms with Crippen LogP contribution in [-0.4, -0.2) is 40.3 Å². The highest BCUT2D eigenvalue weighted by Crippen LogP contribution is 2.12. The fraction of sp³-hybridized carbons (Fsp3) is 0.350. The van der Waals surface area contributed by atoms with Gasteiger partial charge in [-0.05, 0) is 43.2 Å². The number of hydrogen-bond donors (Lipinski definition) is 2. The predicted octanol–water partition coefficient (Wildman–Crippen LogP) is 3.23. The van der Waals surface area contributed by atoms with Gasteiger partial charge in [0, 0.05) is 13.1 Å². The van der Waals surface area contributed by atoms with Gasteiger partial charge < -0.3 is 15.4 Å². The monoisotopic (exact) mass is 517 g/mol. The Balaban J connectivity index is 0.00000392. The highest BCUT2D eigenvalue weighted by atomic mass is 127. The van der Waals surface area contributed by atoms with E-state index in [1.165, 1.54) is 0 Å². The van der Waals surface area contributed by atoms with Crippen LogP contribution in [0.5, 0.6) is 5.75 Å². The van der Waals surface area contributed by atoms with Gasteiger partial charge in [-0.2, -0.15) is 0 Å². The number of ether oxygens (including phenoxy) is 1. The molecule has 0 saturated carbocycles. The van der Waals surface area contributed by atoms with Gasteiger partial charge in [-0.25, -0.2) is 13.4 Å². The van der Waals surface area contributed by atoms with E-state index in [2.05, 4.69) is 15.6 Å². The van der Waals surface area contributed by atoms with Crippen molar-refractivity contribution in [3.05, 3.63) is 60.2 Å². The standard InChI is InChI=1S/C20H27N3O3S.HI/c1-3-21-20(23-16-17-10-12-18(26-2)13-11-17)22-14-7-15-27(24,25)19-8-5-4-6-9-19;/h4-6,8-13H,3,7,14-16H2,1-2H3,(H2,21,22,23);1H. The minimum atomic E-state index is -3.24. The first-order valence-corrected chi connectivity index (χ1v) is 10.6. The molecule has 0 amide bonds. The SMILES string of the molecule is CCNC(=NCc1ccc(OC)cc1)NCCCS(=O)(=O)c1ccccc1.I. The van der Waals surface area contributed by atoms with E-state index in [1.807, 2.05) is 37.3 Å². The molecule has 2 rings (SSSR count). The van der Waals surface area contributed by atoms with Crippen LogP contribution in [0.3, 0.4) is 0 Å². The summed E-state index contributed by atoms with van der Waals surface area (Å²) in [4.78, 5) is 4.90. The van der Waals surface area contributed by atoms with Crippen molar-refractivity contribution in [2.45, 2.75) is 24.8 Å². The van der Waals surface area contributed by atoms with Crippen LogP contribution in [0.2, 0.25) is 0 Å². The highest BCUT2D eigenvalue weighted by molar-refractivity contribution is 14.0. The quantitative estimate of drug-likeness (QED) is 0.231.